The lowest BCUT2D eigenvalue weighted by molar-refractivity contribution is 0.898. The Kier molecular flexibility index (Phi) is 6.97. The van der Waals surface area contributed by atoms with Gasteiger partial charge in [0.1, 0.15) is 0 Å². The van der Waals surface area contributed by atoms with E-state index in [1.54, 1.807) is 9.63 Å². The van der Waals surface area contributed by atoms with Gasteiger partial charge in [0.25, 0.3) is 0 Å². The highest BCUT2D eigenvalue weighted by molar-refractivity contribution is 14.1. The van der Waals surface area contributed by atoms with Crippen molar-refractivity contribution >= 4 is 39.4 Å². The Morgan fingerprint density at radius 3 is 2.78 bits per heavy atom. The monoisotopic (exact) mass is 255 g/mol. The summed E-state index contributed by atoms with van der Waals surface area (Å²) in [6, 6.07) is 0. The average molecular weight is 255 g/mol. The molecule has 0 unspecified atom stereocenters. The van der Waals surface area contributed by atoms with E-state index in [1.807, 2.05) is 0 Å². The summed E-state index contributed by atoms with van der Waals surface area (Å²) in [6.45, 7) is 2.12. The van der Waals surface area contributed by atoms with Gasteiger partial charge in [0.15, 0.2) is 0 Å². The molecule has 0 spiro atoms. The van der Waals surface area contributed by atoms with Crippen molar-refractivity contribution in [1.29, 1.82) is 0 Å². The SMILES string of the molecule is CCCC(=C/S)/N=C\I. The third-order valence-corrected chi connectivity index (χ3v) is 1.45. The Morgan fingerprint density at radius 2 is 2.44 bits per heavy atom. The van der Waals surface area contributed by atoms with Crippen LogP contribution in [-0.4, -0.2) is 4.22 Å². The van der Waals surface area contributed by atoms with Crippen LogP contribution in [0.4, 0.5) is 0 Å². The summed E-state index contributed by atoms with van der Waals surface area (Å²) >= 11 is 6.10. The second-order valence-corrected chi connectivity index (χ2v) is 2.41. The van der Waals surface area contributed by atoms with Crippen LogP contribution >= 0.6 is 35.2 Å². The van der Waals surface area contributed by atoms with Crippen LogP contribution in [0, 0.1) is 0 Å². The summed E-state index contributed by atoms with van der Waals surface area (Å²) in [5.41, 5.74) is 1.05. The molecule has 9 heavy (non-hydrogen) atoms. The van der Waals surface area contributed by atoms with E-state index in [4.69, 9.17) is 0 Å². The lowest BCUT2D eigenvalue weighted by atomic mass is 10.3. The van der Waals surface area contributed by atoms with Crippen LogP contribution < -0.4 is 0 Å². The molecule has 0 aromatic rings. The van der Waals surface area contributed by atoms with E-state index >= 15 is 0 Å². The van der Waals surface area contributed by atoms with Crippen molar-refractivity contribution in [2.75, 3.05) is 0 Å². The van der Waals surface area contributed by atoms with Crippen molar-refractivity contribution in [3.8, 4) is 0 Å². The van der Waals surface area contributed by atoms with Crippen LogP contribution in [0.15, 0.2) is 16.1 Å². The highest BCUT2D eigenvalue weighted by atomic mass is 127. The molecule has 0 N–H and O–H groups in total. The van der Waals surface area contributed by atoms with Gasteiger partial charge in [0.2, 0.25) is 0 Å². The molecule has 0 rings (SSSR count). The first-order chi connectivity index (χ1) is 4.35. The molecule has 0 aliphatic heterocycles. The van der Waals surface area contributed by atoms with Crippen molar-refractivity contribution in [3.05, 3.63) is 11.1 Å². The molecule has 3 heteroatoms. The van der Waals surface area contributed by atoms with Crippen LogP contribution in [-0.2, 0) is 0 Å². The van der Waals surface area contributed by atoms with Gasteiger partial charge in [-0.2, -0.15) is 0 Å². The van der Waals surface area contributed by atoms with Gasteiger partial charge < -0.3 is 0 Å². The number of nitrogens with zero attached hydrogens (tertiary/aromatic N) is 1. The fourth-order valence-corrected chi connectivity index (χ4v) is 1.03. The van der Waals surface area contributed by atoms with Gasteiger partial charge >= 0.3 is 0 Å². The third kappa shape index (κ3) is 4.96. The summed E-state index contributed by atoms with van der Waals surface area (Å²) < 4.78 is 1.76. The molecular weight excluding hydrogens is 245 g/mol. The minimum Gasteiger partial charge on any atom is -0.254 e. The van der Waals surface area contributed by atoms with Crippen LogP contribution in [0.1, 0.15) is 19.8 Å². The van der Waals surface area contributed by atoms with Crippen molar-refractivity contribution < 1.29 is 0 Å². The second kappa shape index (κ2) is 6.61. The summed E-state index contributed by atoms with van der Waals surface area (Å²) in [5, 5.41) is 1.75. The second-order valence-electron chi connectivity index (χ2n) is 1.60. The summed E-state index contributed by atoms with van der Waals surface area (Å²) in [4.78, 5) is 4.08. The van der Waals surface area contributed by atoms with Gasteiger partial charge in [-0.05, 0) is 34.4 Å². The zero-order chi connectivity index (χ0) is 7.11. The molecule has 1 nitrogen and oxygen atoms in total. The Balaban J connectivity index is 3.70. The maximum atomic E-state index is 4.08. The molecule has 0 saturated heterocycles. The number of thiol groups is 1. The Morgan fingerprint density at radius 1 is 1.78 bits per heavy atom. The molecule has 0 aliphatic rings. The zero-order valence-corrected chi connectivity index (χ0v) is 8.39. The van der Waals surface area contributed by atoms with Crippen molar-refractivity contribution in [2.45, 2.75) is 19.8 Å². The number of hydrogen-bond donors (Lipinski definition) is 1. The smallest absolute Gasteiger partial charge is 0.0654 e. The summed E-state index contributed by atoms with van der Waals surface area (Å²) in [7, 11) is 0. The largest absolute Gasteiger partial charge is 0.254 e. The fourth-order valence-electron chi connectivity index (χ4n) is 0.481. The number of rotatable bonds is 3. The predicted molar refractivity (Wildman–Crippen MR) is 54.5 cm³/mol. The van der Waals surface area contributed by atoms with E-state index < -0.39 is 0 Å². The van der Waals surface area contributed by atoms with E-state index in [2.05, 4.69) is 47.1 Å². The van der Waals surface area contributed by atoms with Gasteiger partial charge in [-0.25, -0.2) is 0 Å². The van der Waals surface area contributed by atoms with Crippen molar-refractivity contribution in [1.82, 2.24) is 0 Å². The van der Waals surface area contributed by atoms with Crippen LogP contribution in [0.3, 0.4) is 0 Å². The molecule has 0 aromatic carbocycles. The molecule has 0 aliphatic carbocycles. The average Bonchev–Trinajstić information content (AvgIpc) is 1.88. The van der Waals surface area contributed by atoms with Crippen LogP contribution in [0.2, 0.25) is 0 Å². The topological polar surface area (TPSA) is 12.4 Å². The summed E-state index contributed by atoms with van der Waals surface area (Å²) in [6.07, 6.45) is 2.14. The number of aliphatic imine (C=N–C) groups is 1. The van der Waals surface area contributed by atoms with Gasteiger partial charge in [0.05, 0.1) is 4.22 Å². The molecule has 0 radical (unpaired) electrons. The maximum absolute atomic E-state index is 4.08. The quantitative estimate of drug-likeness (QED) is 0.452. The minimum absolute atomic E-state index is 1.02. The Labute approximate surface area is 75.2 Å². The predicted octanol–water partition coefficient (Wildman–Crippen LogP) is 3.02. The van der Waals surface area contributed by atoms with E-state index in [9.17, 15) is 0 Å². The molecule has 0 heterocycles. The molecule has 0 aromatic heterocycles. The zero-order valence-electron chi connectivity index (χ0n) is 5.34. The number of allylic oxidation sites excluding steroid dienone is 1. The maximum Gasteiger partial charge on any atom is 0.0654 e. The fraction of sp³-hybridized carbons (Fsp3) is 0.500. The van der Waals surface area contributed by atoms with Gasteiger partial charge in [-0.15, -0.1) is 12.6 Å². The third-order valence-electron chi connectivity index (χ3n) is 0.870. The van der Waals surface area contributed by atoms with Crippen LogP contribution in [0.25, 0.3) is 0 Å². The molecule has 0 amide bonds. The lowest BCUT2D eigenvalue weighted by Gasteiger charge is -1.93. The Bertz CT molecular complexity index is 120. The molecular formula is C6H10INS. The van der Waals surface area contributed by atoms with Gasteiger partial charge in [0, 0.05) is 5.70 Å². The van der Waals surface area contributed by atoms with Crippen LogP contribution in [0.5, 0.6) is 0 Å². The molecule has 0 bridgehead atoms. The van der Waals surface area contributed by atoms with E-state index in [1.165, 1.54) is 0 Å². The highest BCUT2D eigenvalue weighted by Crippen LogP contribution is 2.06. The number of hydrogen-bond acceptors (Lipinski definition) is 2. The molecule has 0 fully saturated rings. The van der Waals surface area contributed by atoms with Crippen molar-refractivity contribution in [2.24, 2.45) is 4.99 Å². The Hall–Kier alpha value is 0.490. The molecule has 0 saturated carbocycles. The highest BCUT2D eigenvalue weighted by Gasteiger charge is 1.86. The first kappa shape index (κ1) is 9.49. The minimum atomic E-state index is 1.02. The van der Waals surface area contributed by atoms with E-state index in [-0.39, 0.29) is 0 Å². The van der Waals surface area contributed by atoms with E-state index in [0.29, 0.717) is 0 Å². The van der Waals surface area contributed by atoms with Gasteiger partial charge in [-0.1, -0.05) is 13.3 Å². The molecule has 0 atom stereocenters. The normalized spacial score (nSPS) is 13.0. The first-order valence-corrected chi connectivity index (χ1v) is 4.57. The lowest BCUT2D eigenvalue weighted by Crippen LogP contribution is -1.74. The number of halogens is 1. The van der Waals surface area contributed by atoms with Gasteiger partial charge in [-0.3, -0.25) is 4.99 Å². The summed E-state index contributed by atoms with van der Waals surface area (Å²) in [5.74, 6) is 0. The first-order valence-electron chi connectivity index (χ1n) is 2.81. The molecule has 52 valence electrons. The standard InChI is InChI=1S/C6H10INS/c1-2-3-6(4-9)8-5-7/h4-5,9H,2-3H2,1H3/b6-4-,8-5-. The van der Waals surface area contributed by atoms with Crippen molar-refractivity contribution in [3.63, 3.8) is 0 Å². The van der Waals surface area contributed by atoms with E-state index in [0.717, 1.165) is 18.5 Å².